The predicted molar refractivity (Wildman–Crippen MR) is 91.3 cm³/mol. The van der Waals surface area contributed by atoms with Gasteiger partial charge in [0.2, 0.25) is 0 Å². The Morgan fingerprint density at radius 2 is 2.04 bits per heavy atom. The summed E-state index contributed by atoms with van der Waals surface area (Å²) in [4.78, 5) is 39.8. The van der Waals surface area contributed by atoms with E-state index in [0.717, 1.165) is 4.57 Å². The average Bonchev–Trinajstić information content (AvgIpc) is 3.03. The second-order valence-corrected chi connectivity index (χ2v) is 5.71. The molecule has 0 aliphatic carbocycles. The summed E-state index contributed by atoms with van der Waals surface area (Å²) in [6.45, 7) is 1.53. The first-order valence-electron chi connectivity index (χ1n) is 8.19. The van der Waals surface area contributed by atoms with Gasteiger partial charge in [0.1, 0.15) is 18.6 Å². The summed E-state index contributed by atoms with van der Waals surface area (Å²) in [7, 11) is 0. The van der Waals surface area contributed by atoms with E-state index >= 15 is 0 Å². The van der Waals surface area contributed by atoms with Crippen molar-refractivity contribution in [1.82, 2.24) is 24.5 Å². The Balaban J connectivity index is 1.82. The molecule has 1 aromatic carbocycles. The van der Waals surface area contributed by atoms with Crippen molar-refractivity contribution in [3.8, 4) is 0 Å². The molecule has 0 aliphatic heterocycles. The number of ether oxygens (including phenoxy) is 1. The molecule has 9 nitrogen and oxygen atoms in total. The second kappa shape index (κ2) is 7.85. The van der Waals surface area contributed by atoms with Crippen LogP contribution in [0.3, 0.4) is 0 Å². The van der Waals surface area contributed by atoms with Crippen LogP contribution in [-0.2, 0) is 27.4 Å². The SMILES string of the molecule is CCOC(=O)CC(=O)Cn1cnc2c(nnn2Cc2ccccc2F)c1=O. The zero-order chi connectivity index (χ0) is 19.4. The number of aromatic nitrogens is 5. The Morgan fingerprint density at radius 3 is 2.78 bits per heavy atom. The van der Waals surface area contributed by atoms with Crippen molar-refractivity contribution in [3.63, 3.8) is 0 Å². The van der Waals surface area contributed by atoms with E-state index in [-0.39, 0.29) is 30.9 Å². The molecule has 0 bridgehead atoms. The normalized spacial score (nSPS) is 10.9. The highest BCUT2D eigenvalue weighted by Gasteiger charge is 2.16. The third kappa shape index (κ3) is 4.05. The number of hydrogen-bond donors (Lipinski definition) is 0. The molecule has 0 radical (unpaired) electrons. The molecule has 2 heterocycles. The van der Waals surface area contributed by atoms with Gasteiger partial charge in [0.25, 0.3) is 5.56 Å². The van der Waals surface area contributed by atoms with Gasteiger partial charge in [-0.05, 0) is 13.0 Å². The molecule has 0 saturated heterocycles. The largest absolute Gasteiger partial charge is 0.466 e. The lowest BCUT2D eigenvalue weighted by molar-refractivity contribution is -0.145. The standard InChI is InChI=1S/C17H16FN5O4/c1-2-27-14(25)7-12(24)9-22-10-19-16-15(17(22)26)20-21-23(16)8-11-5-3-4-6-13(11)18/h3-6,10H,2,7-9H2,1H3. The molecule has 27 heavy (non-hydrogen) atoms. The summed E-state index contributed by atoms with van der Waals surface area (Å²) < 4.78 is 20.9. The summed E-state index contributed by atoms with van der Waals surface area (Å²) in [5, 5.41) is 7.64. The first kappa shape index (κ1) is 18.4. The van der Waals surface area contributed by atoms with E-state index in [0.29, 0.717) is 5.56 Å². The monoisotopic (exact) mass is 373 g/mol. The fraction of sp³-hybridized carbons (Fsp3) is 0.294. The Morgan fingerprint density at radius 1 is 1.26 bits per heavy atom. The summed E-state index contributed by atoms with van der Waals surface area (Å²) in [5.41, 5.74) is -0.0630. The number of ketones is 1. The number of hydrogen-bond acceptors (Lipinski definition) is 7. The molecular formula is C17H16FN5O4. The number of fused-ring (bicyclic) bond motifs is 1. The molecule has 2 aromatic heterocycles. The van der Waals surface area contributed by atoms with Crippen LogP contribution in [0.5, 0.6) is 0 Å². The van der Waals surface area contributed by atoms with Crippen LogP contribution in [0.4, 0.5) is 4.39 Å². The average molecular weight is 373 g/mol. The lowest BCUT2D eigenvalue weighted by Crippen LogP contribution is -2.26. The number of carbonyl (C=O) groups is 2. The minimum absolute atomic E-state index is 0.0437. The smallest absolute Gasteiger partial charge is 0.313 e. The van der Waals surface area contributed by atoms with Crippen LogP contribution >= 0.6 is 0 Å². The van der Waals surface area contributed by atoms with Crippen LogP contribution < -0.4 is 5.56 Å². The molecule has 140 valence electrons. The van der Waals surface area contributed by atoms with Crippen LogP contribution in [0.1, 0.15) is 18.9 Å². The number of nitrogens with zero attached hydrogens (tertiary/aromatic N) is 5. The van der Waals surface area contributed by atoms with E-state index in [9.17, 15) is 18.8 Å². The number of rotatable bonds is 7. The molecule has 0 atom stereocenters. The zero-order valence-electron chi connectivity index (χ0n) is 14.5. The van der Waals surface area contributed by atoms with E-state index in [1.165, 1.54) is 17.1 Å². The number of halogens is 1. The highest BCUT2D eigenvalue weighted by Crippen LogP contribution is 2.10. The Bertz CT molecular complexity index is 1060. The summed E-state index contributed by atoms with van der Waals surface area (Å²) in [5.74, 6) is -1.55. The molecule has 0 N–H and O–H groups in total. The van der Waals surface area contributed by atoms with Gasteiger partial charge < -0.3 is 4.74 Å². The van der Waals surface area contributed by atoms with Gasteiger partial charge in [0.15, 0.2) is 16.9 Å². The molecule has 0 aliphatic rings. The van der Waals surface area contributed by atoms with Crippen LogP contribution in [0.2, 0.25) is 0 Å². The third-order valence-corrected chi connectivity index (χ3v) is 3.76. The van der Waals surface area contributed by atoms with E-state index in [1.807, 2.05) is 0 Å². The summed E-state index contributed by atoms with van der Waals surface area (Å²) in [6.07, 6.45) is 0.743. The van der Waals surface area contributed by atoms with Crippen LogP contribution in [0, 0.1) is 5.82 Å². The van der Waals surface area contributed by atoms with Gasteiger partial charge in [-0.2, -0.15) is 0 Å². The topological polar surface area (TPSA) is 109 Å². The number of carbonyl (C=O) groups excluding carboxylic acids is 2. The molecular weight excluding hydrogens is 357 g/mol. The predicted octanol–water partition coefficient (Wildman–Crippen LogP) is 0.698. The van der Waals surface area contributed by atoms with Gasteiger partial charge in [-0.1, -0.05) is 23.4 Å². The molecule has 0 unspecified atom stereocenters. The van der Waals surface area contributed by atoms with Gasteiger partial charge in [0, 0.05) is 5.56 Å². The Labute approximate surface area is 152 Å². The molecule has 3 aromatic rings. The van der Waals surface area contributed by atoms with Gasteiger partial charge in [-0.15, -0.1) is 5.10 Å². The molecule has 0 amide bonds. The zero-order valence-corrected chi connectivity index (χ0v) is 14.5. The van der Waals surface area contributed by atoms with E-state index in [2.05, 4.69) is 15.3 Å². The minimum Gasteiger partial charge on any atom is -0.466 e. The highest BCUT2D eigenvalue weighted by molar-refractivity contribution is 5.95. The maximum absolute atomic E-state index is 13.8. The molecule has 0 spiro atoms. The van der Waals surface area contributed by atoms with E-state index < -0.39 is 29.5 Å². The summed E-state index contributed by atoms with van der Waals surface area (Å²) in [6, 6.07) is 6.18. The molecule has 0 saturated carbocycles. The van der Waals surface area contributed by atoms with Crippen molar-refractivity contribution in [3.05, 3.63) is 52.3 Å². The molecule has 10 heteroatoms. The van der Waals surface area contributed by atoms with Crippen molar-refractivity contribution in [2.75, 3.05) is 6.61 Å². The van der Waals surface area contributed by atoms with E-state index in [4.69, 9.17) is 4.74 Å². The number of Topliss-reactive ketones (excluding diaryl/α,β-unsaturated/α-hetero) is 1. The van der Waals surface area contributed by atoms with Crippen LogP contribution in [0.25, 0.3) is 11.2 Å². The number of benzene rings is 1. The number of esters is 1. The van der Waals surface area contributed by atoms with Gasteiger partial charge in [-0.25, -0.2) is 14.1 Å². The summed E-state index contributed by atoms with van der Waals surface area (Å²) >= 11 is 0. The van der Waals surface area contributed by atoms with Gasteiger partial charge in [-0.3, -0.25) is 19.0 Å². The van der Waals surface area contributed by atoms with E-state index in [1.54, 1.807) is 25.1 Å². The molecule has 3 rings (SSSR count). The van der Waals surface area contributed by atoms with Crippen molar-refractivity contribution in [1.29, 1.82) is 0 Å². The van der Waals surface area contributed by atoms with Crippen LogP contribution in [-0.4, -0.2) is 42.9 Å². The minimum atomic E-state index is -0.652. The maximum Gasteiger partial charge on any atom is 0.313 e. The first-order chi connectivity index (χ1) is 13.0. The maximum atomic E-state index is 13.8. The van der Waals surface area contributed by atoms with Gasteiger partial charge in [0.05, 0.1) is 19.7 Å². The van der Waals surface area contributed by atoms with Crippen molar-refractivity contribution >= 4 is 22.9 Å². The van der Waals surface area contributed by atoms with Crippen molar-refractivity contribution < 1.29 is 18.7 Å². The molecule has 0 fully saturated rings. The highest BCUT2D eigenvalue weighted by atomic mass is 19.1. The van der Waals surface area contributed by atoms with Crippen molar-refractivity contribution in [2.45, 2.75) is 26.4 Å². The van der Waals surface area contributed by atoms with Crippen molar-refractivity contribution in [2.24, 2.45) is 0 Å². The fourth-order valence-electron chi connectivity index (χ4n) is 2.51. The van der Waals surface area contributed by atoms with Crippen LogP contribution in [0.15, 0.2) is 35.4 Å². The quantitative estimate of drug-likeness (QED) is 0.443. The Hall–Kier alpha value is -3.43. The Kier molecular flexibility index (Phi) is 5.34. The second-order valence-electron chi connectivity index (χ2n) is 5.71. The lowest BCUT2D eigenvalue weighted by atomic mass is 10.2. The third-order valence-electron chi connectivity index (χ3n) is 3.76. The lowest BCUT2D eigenvalue weighted by Gasteiger charge is -2.05. The fourth-order valence-corrected chi connectivity index (χ4v) is 2.51. The van der Waals surface area contributed by atoms with Gasteiger partial charge >= 0.3 is 5.97 Å². The first-order valence-corrected chi connectivity index (χ1v) is 8.19.